The highest BCUT2D eigenvalue weighted by atomic mass is 32.1. The number of para-hydroxylation sites is 1. The van der Waals surface area contributed by atoms with Crippen LogP contribution in [0.25, 0.3) is 94.9 Å². The number of nitrogens with zero attached hydrogens (tertiary/aromatic N) is 2. The number of benzene rings is 7. The molecule has 2 nitrogen and oxygen atoms in total. The third-order valence-electron chi connectivity index (χ3n) is 9.42. The van der Waals surface area contributed by atoms with Crippen LogP contribution in [-0.4, -0.2) is 4.57 Å². The van der Waals surface area contributed by atoms with Crippen LogP contribution >= 0.6 is 22.7 Å². The van der Waals surface area contributed by atoms with E-state index in [0.717, 1.165) is 21.3 Å². The maximum Gasteiger partial charge on any atom is 0.205 e. The van der Waals surface area contributed by atoms with Crippen LogP contribution in [0.15, 0.2) is 146 Å². The molecule has 10 aromatic rings. The Labute approximate surface area is 278 Å². The van der Waals surface area contributed by atoms with Gasteiger partial charge < -0.3 is 4.57 Å². The summed E-state index contributed by atoms with van der Waals surface area (Å²) in [6.07, 6.45) is 0. The van der Waals surface area contributed by atoms with E-state index >= 15 is 0 Å². The molecule has 0 amide bonds. The van der Waals surface area contributed by atoms with Gasteiger partial charge in [0, 0.05) is 41.0 Å². The summed E-state index contributed by atoms with van der Waals surface area (Å²) in [5, 5.41) is 7.35. The van der Waals surface area contributed by atoms with Crippen molar-refractivity contribution in [3.05, 3.63) is 157 Å². The molecule has 0 aliphatic rings. The van der Waals surface area contributed by atoms with Gasteiger partial charge in [-0.2, -0.15) is 0 Å². The molecular formula is C43H24N2S2. The predicted molar refractivity (Wildman–Crippen MR) is 204 cm³/mol. The summed E-state index contributed by atoms with van der Waals surface area (Å²) in [7, 11) is 0. The molecule has 0 saturated heterocycles. The van der Waals surface area contributed by atoms with Crippen LogP contribution in [0.1, 0.15) is 0 Å². The van der Waals surface area contributed by atoms with Gasteiger partial charge in [0.15, 0.2) is 0 Å². The molecule has 0 bridgehead atoms. The molecule has 0 unspecified atom stereocenters. The summed E-state index contributed by atoms with van der Waals surface area (Å²) < 4.78 is 7.21. The van der Waals surface area contributed by atoms with Gasteiger partial charge in [0.25, 0.3) is 0 Å². The fourth-order valence-corrected chi connectivity index (χ4v) is 9.78. The molecule has 3 heterocycles. The number of thiophene rings is 2. The van der Waals surface area contributed by atoms with Crippen molar-refractivity contribution >= 4 is 90.5 Å². The summed E-state index contributed by atoms with van der Waals surface area (Å²) in [5.74, 6) is 0. The normalized spacial score (nSPS) is 11.8. The number of hydrogen-bond acceptors (Lipinski definition) is 2. The summed E-state index contributed by atoms with van der Waals surface area (Å²) in [5.41, 5.74) is 8.88. The van der Waals surface area contributed by atoms with E-state index in [1.807, 2.05) is 11.3 Å². The molecule has 0 radical (unpaired) electrons. The molecule has 0 atom stereocenters. The predicted octanol–water partition coefficient (Wildman–Crippen LogP) is 13.4. The quantitative estimate of drug-likeness (QED) is 0.171. The van der Waals surface area contributed by atoms with E-state index in [2.05, 4.69) is 155 Å². The minimum Gasteiger partial charge on any atom is -0.308 e. The Balaban J connectivity index is 1.25. The van der Waals surface area contributed by atoms with Gasteiger partial charge in [-0.15, -0.1) is 22.7 Å². The molecule has 4 heteroatoms. The molecule has 7 aromatic carbocycles. The SMILES string of the molecule is [C-]#[N+]c1cc(-c2cccc3c2sc2ccccc23)cc2c1sc1c(-n3c4ccccc4c4ccc(-c5ccccc5)cc43)cccc12. The summed E-state index contributed by atoms with van der Waals surface area (Å²) in [4.78, 5) is 4.10. The van der Waals surface area contributed by atoms with Gasteiger partial charge in [0.05, 0.1) is 28.0 Å². The molecular weight excluding hydrogens is 609 g/mol. The van der Waals surface area contributed by atoms with E-state index < -0.39 is 0 Å². The average Bonchev–Trinajstić information content (AvgIpc) is 3.81. The maximum absolute atomic E-state index is 8.25. The second-order valence-electron chi connectivity index (χ2n) is 12.0. The lowest BCUT2D eigenvalue weighted by molar-refractivity contribution is 1.20. The van der Waals surface area contributed by atoms with Gasteiger partial charge in [-0.3, -0.25) is 0 Å². The van der Waals surface area contributed by atoms with E-state index in [0.29, 0.717) is 5.69 Å². The van der Waals surface area contributed by atoms with Crippen molar-refractivity contribution < 1.29 is 0 Å². The van der Waals surface area contributed by atoms with Gasteiger partial charge in [-0.05, 0) is 64.0 Å². The smallest absolute Gasteiger partial charge is 0.205 e. The highest BCUT2D eigenvalue weighted by Crippen LogP contribution is 2.47. The first kappa shape index (κ1) is 26.5. The van der Waals surface area contributed by atoms with Gasteiger partial charge in [0.2, 0.25) is 5.69 Å². The Hall–Kier alpha value is -5.73. The van der Waals surface area contributed by atoms with Crippen molar-refractivity contribution in [3.63, 3.8) is 0 Å². The number of aromatic nitrogens is 1. The zero-order chi connectivity index (χ0) is 31.1. The molecule has 0 aliphatic heterocycles. The fourth-order valence-electron chi connectivity index (χ4n) is 7.30. The van der Waals surface area contributed by atoms with Crippen LogP contribution in [0.5, 0.6) is 0 Å². The van der Waals surface area contributed by atoms with E-state index in [9.17, 15) is 0 Å². The summed E-state index contributed by atoms with van der Waals surface area (Å²) >= 11 is 3.57. The second kappa shape index (κ2) is 10.1. The zero-order valence-electron chi connectivity index (χ0n) is 25.1. The van der Waals surface area contributed by atoms with Crippen molar-refractivity contribution in [2.45, 2.75) is 0 Å². The molecule has 3 aromatic heterocycles. The molecule has 47 heavy (non-hydrogen) atoms. The lowest BCUT2D eigenvalue weighted by Crippen LogP contribution is -1.94. The van der Waals surface area contributed by atoms with Gasteiger partial charge in [-0.1, -0.05) is 109 Å². The van der Waals surface area contributed by atoms with Crippen LogP contribution < -0.4 is 0 Å². The molecule has 10 rings (SSSR count). The Morgan fingerprint density at radius 3 is 2.04 bits per heavy atom. The lowest BCUT2D eigenvalue weighted by atomic mass is 9.99. The molecule has 0 fully saturated rings. The summed E-state index contributed by atoms with van der Waals surface area (Å²) in [6.45, 7) is 8.25. The highest BCUT2D eigenvalue weighted by molar-refractivity contribution is 7.27. The summed E-state index contributed by atoms with van der Waals surface area (Å²) in [6, 6.07) is 52.3. The Kier molecular flexibility index (Phi) is 5.71. The number of hydrogen-bond donors (Lipinski definition) is 0. The Morgan fingerprint density at radius 2 is 1.17 bits per heavy atom. The first-order chi connectivity index (χ1) is 23.3. The van der Waals surface area contributed by atoms with Gasteiger partial charge in [-0.25, -0.2) is 4.85 Å². The molecule has 0 saturated carbocycles. The highest BCUT2D eigenvalue weighted by Gasteiger charge is 2.20. The monoisotopic (exact) mass is 632 g/mol. The van der Waals surface area contributed by atoms with E-state index in [-0.39, 0.29) is 0 Å². The zero-order valence-corrected chi connectivity index (χ0v) is 26.7. The average molecular weight is 633 g/mol. The molecule has 0 N–H and O–H groups in total. The first-order valence-corrected chi connectivity index (χ1v) is 17.3. The van der Waals surface area contributed by atoms with Crippen molar-refractivity contribution in [1.29, 1.82) is 0 Å². The van der Waals surface area contributed by atoms with Crippen molar-refractivity contribution in [2.75, 3.05) is 0 Å². The third kappa shape index (κ3) is 3.88. The van der Waals surface area contributed by atoms with Crippen molar-refractivity contribution in [3.8, 4) is 27.9 Å². The first-order valence-electron chi connectivity index (χ1n) is 15.6. The minimum absolute atomic E-state index is 0.705. The maximum atomic E-state index is 8.25. The van der Waals surface area contributed by atoms with Crippen LogP contribution in [0.4, 0.5) is 5.69 Å². The second-order valence-corrected chi connectivity index (χ2v) is 14.0. The van der Waals surface area contributed by atoms with Gasteiger partial charge in [0.1, 0.15) is 0 Å². The van der Waals surface area contributed by atoms with Gasteiger partial charge >= 0.3 is 0 Å². The number of fused-ring (bicyclic) bond motifs is 9. The van der Waals surface area contributed by atoms with Crippen molar-refractivity contribution in [1.82, 2.24) is 4.57 Å². The van der Waals surface area contributed by atoms with Crippen LogP contribution in [0.2, 0.25) is 0 Å². The Bertz CT molecular complexity index is 2920. The lowest BCUT2D eigenvalue weighted by Gasteiger charge is -2.10. The minimum atomic E-state index is 0.705. The van der Waals surface area contributed by atoms with E-state index in [1.165, 1.54) is 68.8 Å². The number of rotatable bonds is 3. The van der Waals surface area contributed by atoms with Crippen molar-refractivity contribution in [2.24, 2.45) is 0 Å². The third-order valence-corrected chi connectivity index (χ3v) is 11.9. The van der Waals surface area contributed by atoms with Crippen LogP contribution in [-0.2, 0) is 0 Å². The molecule has 218 valence electrons. The fraction of sp³-hybridized carbons (Fsp3) is 0. The molecule has 0 aliphatic carbocycles. The van der Waals surface area contributed by atoms with Crippen LogP contribution in [0.3, 0.4) is 0 Å². The molecule has 0 spiro atoms. The van der Waals surface area contributed by atoms with E-state index in [4.69, 9.17) is 6.57 Å². The standard InChI is InChI=1S/C43H24N2S2/c1-44-36-24-28(29-15-9-16-33-32-14-6-8-20-40(32)46-41(29)33)23-35-34-17-10-19-38(43(34)47-42(35)36)45-37-18-7-5-13-30(37)31-22-21-27(25-39(31)45)26-11-3-2-4-12-26/h2-25H. The van der Waals surface area contributed by atoms with Crippen LogP contribution in [0, 0.1) is 6.57 Å². The van der Waals surface area contributed by atoms with E-state index in [1.54, 1.807) is 11.3 Å². The largest absolute Gasteiger partial charge is 0.308 e. The topological polar surface area (TPSA) is 9.29 Å². The Morgan fingerprint density at radius 1 is 0.447 bits per heavy atom.